The van der Waals surface area contributed by atoms with E-state index in [9.17, 15) is 0 Å². The first-order valence-electron chi connectivity index (χ1n) is 5.27. The lowest BCUT2D eigenvalue weighted by molar-refractivity contribution is 0.576. The maximum absolute atomic E-state index is 6.95. The molecule has 0 unspecified atom stereocenters. The van der Waals surface area contributed by atoms with Crippen molar-refractivity contribution < 1.29 is 0 Å². The second kappa shape index (κ2) is 10.9. The highest BCUT2D eigenvalue weighted by Gasteiger charge is 1.88. The Labute approximate surface area is 76.9 Å². The molecule has 0 heterocycles. The monoisotopic (exact) mass is 171 g/mol. The summed E-state index contributed by atoms with van der Waals surface area (Å²) in [6, 6.07) is 0. The van der Waals surface area contributed by atoms with Gasteiger partial charge in [0, 0.05) is 6.54 Å². The Balaban J connectivity index is 2.73. The molecule has 2 heteroatoms. The summed E-state index contributed by atoms with van der Waals surface area (Å²) in [7, 11) is 0. The molecule has 0 fully saturated rings. The van der Waals surface area contributed by atoms with E-state index in [1.165, 1.54) is 38.6 Å². The molecule has 0 aliphatic rings. The van der Waals surface area contributed by atoms with Crippen LogP contribution in [0.15, 0.2) is 0 Å². The van der Waals surface area contributed by atoms with Crippen LogP contribution in [-0.4, -0.2) is 19.6 Å². The van der Waals surface area contributed by atoms with Gasteiger partial charge >= 0.3 is 0 Å². The van der Waals surface area contributed by atoms with Crippen molar-refractivity contribution >= 4 is 0 Å². The van der Waals surface area contributed by atoms with Crippen molar-refractivity contribution in [2.45, 2.75) is 45.4 Å². The minimum atomic E-state index is 0.593. The normalized spacial score (nSPS) is 10.5. The summed E-state index contributed by atoms with van der Waals surface area (Å²) in [5.41, 5.74) is 6.95. The number of nitrogens with one attached hydrogen (secondary N) is 2. The van der Waals surface area contributed by atoms with Crippen molar-refractivity contribution in [3.05, 3.63) is 0 Å². The summed E-state index contributed by atoms with van der Waals surface area (Å²) in [6.45, 7) is 5.14. The Kier molecular flexibility index (Phi) is 10.8. The predicted octanol–water partition coefficient (Wildman–Crippen LogP) is 2.22. The highest BCUT2D eigenvalue weighted by Crippen LogP contribution is 1.93. The van der Waals surface area contributed by atoms with Gasteiger partial charge in [0.2, 0.25) is 0 Å². The van der Waals surface area contributed by atoms with Crippen LogP contribution in [0.4, 0.5) is 0 Å². The Morgan fingerprint density at radius 3 is 2.17 bits per heavy atom. The first kappa shape index (κ1) is 11.9. The van der Waals surface area contributed by atoms with Crippen molar-refractivity contribution in [3.63, 3.8) is 0 Å². The van der Waals surface area contributed by atoms with E-state index in [-0.39, 0.29) is 0 Å². The lowest BCUT2D eigenvalue weighted by atomic mass is 10.2. The molecule has 0 bridgehead atoms. The maximum atomic E-state index is 6.95. The Hall–Kier alpha value is -0.0800. The van der Waals surface area contributed by atoms with E-state index in [0.717, 1.165) is 13.0 Å². The van der Waals surface area contributed by atoms with E-state index in [2.05, 4.69) is 12.2 Å². The van der Waals surface area contributed by atoms with Gasteiger partial charge < -0.3 is 5.32 Å². The molecule has 0 saturated carbocycles. The van der Waals surface area contributed by atoms with Gasteiger partial charge in [0.25, 0.3) is 0 Å². The van der Waals surface area contributed by atoms with Crippen LogP contribution in [0.5, 0.6) is 0 Å². The van der Waals surface area contributed by atoms with Crippen molar-refractivity contribution in [1.82, 2.24) is 11.1 Å². The third-order valence-corrected chi connectivity index (χ3v) is 1.99. The average molecular weight is 171 g/mol. The van der Waals surface area contributed by atoms with Crippen LogP contribution in [-0.2, 0) is 0 Å². The second-order valence-electron chi connectivity index (χ2n) is 3.27. The lowest BCUT2D eigenvalue weighted by Gasteiger charge is -2.02. The first-order chi connectivity index (χ1) is 5.91. The largest absolute Gasteiger partial charge is 0.317 e. The molecule has 2 nitrogen and oxygen atoms in total. The van der Waals surface area contributed by atoms with E-state index in [1.54, 1.807) is 0 Å². The summed E-state index contributed by atoms with van der Waals surface area (Å²) in [6.07, 6.45) is 7.49. The average Bonchev–Trinajstić information content (AvgIpc) is 2.10. The highest BCUT2D eigenvalue weighted by atomic mass is 14.8. The van der Waals surface area contributed by atoms with Crippen LogP contribution in [0.25, 0.3) is 0 Å². The highest BCUT2D eigenvalue weighted by molar-refractivity contribution is 4.49. The van der Waals surface area contributed by atoms with Crippen molar-refractivity contribution in [1.29, 1.82) is 0 Å². The predicted molar refractivity (Wildman–Crippen MR) is 54.2 cm³/mol. The van der Waals surface area contributed by atoms with Crippen LogP contribution in [0, 0.1) is 0 Å². The fourth-order valence-electron chi connectivity index (χ4n) is 1.18. The minimum Gasteiger partial charge on any atom is -0.317 e. The number of unbranched alkanes of at least 4 members (excludes halogenated alkanes) is 4. The standard InChI is InChI=1S/C10H23N2/c1-2-3-6-9-12-10-7-4-5-8-11/h11-12H,2-10H2,1H3. The van der Waals surface area contributed by atoms with Gasteiger partial charge in [0.05, 0.1) is 0 Å². The van der Waals surface area contributed by atoms with Crippen molar-refractivity contribution in [3.8, 4) is 0 Å². The molecule has 0 spiro atoms. The lowest BCUT2D eigenvalue weighted by Crippen LogP contribution is -2.16. The molecule has 0 saturated heterocycles. The molecule has 0 aliphatic heterocycles. The fraction of sp³-hybridized carbons (Fsp3) is 1.00. The van der Waals surface area contributed by atoms with Gasteiger partial charge in [-0.15, -0.1) is 0 Å². The Morgan fingerprint density at radius 1 is 0.917 bits per heavy atom. The molecule has 1 radical (unpaired) electrons. The zero-order valence-corrected chi connectivity index (χ0v) is 8.36. The summed E-state index contributed by atoms with van der Waals surface area (Å²) < 4.78 is 0. The van der Waals surface area contributed by atoms with Crippen LogP contribution < -0.4 is 11.1 Å². The second-order valence-corrected chi connectivity index (χ2v) is 3.27. The van der Waals surface area contributed by atoms with Crippen LogP contribution in [0.2, 0.25) is 0 Å². The van der Waals surface area contributed by atoms with Gasteiger partial charge in [0.15, 0.2) is 0 Å². The molecule has 0 aromatic carbocycles. The molecular formula is C10H23N2. The van der Waals surface area contributed by atoms with Crippen LogP contribution >= 0.6 is 0 Å². The summed E-state index contributed by atoms with van der Waals surface area (Å²) in [4.78, 5) is 0. The van der Waals surface area contributed by atoms with Gasteiger partial charge in [-0.3, -0.25) is 5.73 Å². The van der Waals surface area contributed by atoms with E-state index in [0.29, 0.717) is 6.54 Å². The molecule has 0 rings (SSSR count). The summed E-state index contributed by atoms with van der Waals surface area (Å²) in [5.74, 6) is 0. The van der Waals surface area contributed by atoms with E-state index >= 15 is 0 Å². The Morgan fingerprint density at radius 2 is 1.58 bits per heavy atom. The maximum Gasteiger partial charge on any atom is 0.00997 e. The number of rotatable bonds is 9. The molecule has 0 amide bonds. The smallest absolute Gasteiger partial charge is 0.00997 e. The SMILES string of the molecule is CCCCCNCCCCC[NH]. The molecule has 12 heavy (non-hydrogen) atoms. The first-order valence-corrected chi connectivity index (χ1v) is 5.27. The van der Waals surface area contributed by atoms with Gasteiger partial charge in [-0.2, -0.15) is 0 Å². The van der Waals surface area contributed by atoms with Crippen LogP contribution in [0.3, 0.4) is 0 Å². The van der Waals surface area contributed by atoms with E-state index in [1.807, 2.05) is 0 Å². The van der Waals surface area contributed by atoms with E-state index in [4.69, 9.17) is 5.73 Å². The van der Waals surface area contributed by atoms with Gasteiger partial charge in [-0.1, -0.05) is 26.2 Å². The van der Waals surface area contributed by atoms with Crippen LogP contribution in [0.1, 0.15) is 45.4 Å². The topological polar surface area (TPSA) is 35.8 Å². The quantitative estimate of drug-likeness (QED) is 0.530. The third-order valence-electron chi connectivity index (χ3n) is 1.99. The summed E-state index contributed by atoms with van der Waals surface area (Å²) >= 11 is 0. The molecule has 0 aromatic heterocycles. The van der Waals surface area contributed by atoms with Crippen molar-refractivity contribution in [2.75, 3.05) is 19.6 Å². The summed E-state index contributed by atoms with van der Waals surface area (Å²) in [5, 5.41) is 3.42. The molecule has 0 atom stereocenters. The van der Waals surface area contributed by atoms with Gasteiger partial charge in [-0.05, 0) is 32.4 Å². The zero-order valence-electron chi connectivity index (χ0n) is 8.36. The molecule has 73 valence electrons. The molecule has 0 aromatic rings. The molecular weight excluding hydrogens is 148 g/mol. The van der Waals surface area contributed by atoms with Crippen molar-refractivity contribution in [2.24, 2.45) is 0 Å². The van der Waals surface area contributed by atoms with E-state index < -0.39 is 0 Å². The van der Waals surface area contributed by atoms with Gasteiger partial charge in [0.1, 0.15) is 0 Å². The molecule has 0 aliphatic carbocycles. The molecule has 2 N–H and O–H groups in total. The third kappa shape index (κ3) is 9.92. The number of hydrogen-bond acceptors (Lipinski definition) is 1. The zero-order chi connectivity index (χ0) is 9.07. The van der Waals surface area contributed by atoms with Gasteiger partial charge in [-0.25, -0.2) is 0 Å². The fourth-order valence-corrected chi connectivity index (χ4v) is 1.18. The number of hydrogen-bond donors (Lipinski definition) is 1. The minimum absolute atomic E-state index is 0.593. The Bertz CT molecular complexity index is 64.2.